The van der Waals surface area contributed by atoms with Crippen LogP contribution in [0, 0.1) is 39.0 Å². The second-order valence-corrected chi connectivity index (χ2v) is 6.73. The number of nitrogens with one attached hydrogen (secondary N) is 1. The summed E-state index contributed by atoms with van der Waals surface area (Å²) in [6.07, 6.45) is 1.67. The van der Waals surface area contributed by atoms with Crippen LogP contribution in [0.3, 0.4) is 0 Å². The molecule has 0 saturated heterocycles. The van der Waals surface area contributed by atoms with Crippen molar-refractivity contribution in [2.75, 3.05) is 5.32 Å². The highest BCUT2D eigenvalue weighted by Gasteiger charge is 2.14. The van der Waals surface area contributed by atoms with E-state index in [4.69, 9.17) is 0 Å². The number of aryl methyl sites for hydroxylation is 3. The van der Waals surface area contributed by atoms with Crippen LogP contribution >= 0.6 is 0 Å². The fraction of sp³-hybridized carbons (Fsp3) is 0.333. The van der Waals surface area contributed by atoms with Crippen LogP contribution in [0.1, 0.15) is 48.0 Å². The summed E-state index contributed by atoms with van der Waals surface area (Å²) < 4.78 is 2.20. The molecule has 130 valence electrons. The Morgan fingerprint density at radius 1 is 1.20 bits per heavy atom. The van der Waals surface area contributed by atoms with Gasteiger partial charge in [0.25, 0.3) is 5.91 Å². The molecule has 1 aromatic carbocycles. The molecular formula is C21H25N3O. The number of hydrogen-bond donors (Lipinski definition) is 1. The number of benzene rings is 1. The van der Waals surface area contributed by atoms with Crippen LogP contribution < -0.4 is 5.32 Å². The molecule has 0 aliphatic heterocycles. The number of nitriles is 1. The van der Waals surface area contributed by atoms with E-state index >= 15 is 0 Å². The van der Waals surface area contributed by atoms with Gasteiger partial charge >= 0.3 is 0 Å². The summed E-state index contributed by atoms with van der Waals surface area (Å²) in [7, 11) is 0. The Balaban J connectivity index is 2.33. The molecule has 0 aliphatic rings. The van der Waals surface area contributed by atoms with Crippen molar-refractivity contribution in [3.05, 3.63) is 57.9 Å². The zero-order valence-electron chi connectivity index (χ0n) is 15.8. The van der Waals surface area contributed by atoms with Gasteiger partial charge in [-0.05, 0) is 70.9 Å². The summed E-state index contributed by atoms with van der Waals surface area (Å²) in [6, 6.07) is 10.2. The minimum absolute atomic E-state index is 0.101. The largest absolute Gasteiger partial charge is 0.346 e. The van der Waals surface area contributed by atoms with E-state index in [1.807, 2.05) is 58.0 Å². The first-order chi connectivity index (χ1) is 11.7. The lowest BCUT2D eigenvalue weighted by atomic mass is 10.1. The molecule has 1 amide bonds. The molecule has 0 radical (unpaired) electrons. The smallest absolute Gasteiger partial charge is 0.266 e. The van der Waals surface area contributed by atoms with Gasteiger partial charge < -0.3 is 9.88 Å². The predicted molar refractivity (Wildman–Crippen MR) is 102 cm³/mol. The fourth-order valence-electron chi connectivity index (χ4n) is 3.19. The molecule has 1 heterocycles. The number of amides is 1. The maximum atomic E-state index is 12.5. The van der Waals surface area contributed by atoms with Crippen LogP contribution in [-0.2, 0) is 4.79 Å². The topological polar surface area (TPSA) is 57.8 Å². The number of aromatic nitrogens is 1. The first-order valence-corrected chi connectivity index (χ1v) is 8.43. The first-order valence-electron chi connectivity index (χ1n) is 8.43. The molecule has 0 aliphatic carbocycles. The van der Waals surface area contributed by atoms with Crippen LogP contribution in [0.5, 0.6) is 0 Å². The van der Waals surface area contributed by atoms with Crippen molar-refractivity contribution in [2.45, 2.75) is 47.6 Å². The molecule has 2 rings (SSSR count). The number of hydrogen-bond acceptors (Lipinski definition) is 2. The van der Waals surface area contributed by atoms with Gasteiger partial charge in [-0.25, -0.2) is 0 Å². The third kappa shape index (κ3) is 4.00. The quantitative estimate of drug-likeness (QED) is 0.641. The van der Waals surface area contributed by atoms with E-state index in [-0.39, 0.29) is 11.5 Å². The van der Waals surface area contributed by atoms with E-state index in [0.29, 0.717) is 6.04 Å². The summed E-state index contributed by atoms with van der Waals surface area (Å²) in [6.45, 7) is 12.2. The lowest BCUT2D eigenvalue weighted by Gasteiger charge is -2.13. The molecule has 0 spiro atoms. The molecule has 1 N–H and O–H groups in total. The number of carbonyl (C=O) groups excluding carboxylic acids is 1. The Morgan fingerprint density at radius 2 is 1.88 bits per heavy atom. The van der Waals surface area contributed by atoms with Crippen molar-refractivity contribution in [3.8, 4) is 6.07 Å². The standard InChI is InChI=1S/C21H25N3O/c1-13(2)24-16(5)10-18(17(24)6)11-19(12-22)21(25)23-20-8-7-14(3)9-15(20)4/h7-11,13H,1-6H3,(H,23,25)/b19-11+. The zero-order chi connectivity index (χ0) is 18.7. The zero-order valence-corrected chi connectivity index (χ0v) is 15.8. The lowest BCUT2D eigenvalue weighted by molar-refractivity contribution is -0.112. The van der Waals surface area contributed by atoms with E-state index in [0.717, 1.165) is 33.8 Å². The highest BCUT2D eigenvalue weighted by Crippen LogP contribution is 2.23. The second-order valence-electron chi connectivity index (χ2n) is 6.73. The summed E-state index contributed by atoms with van der Waals surface area (Å²) in [4.78, 5) is 12.5. The molecule has 0 atom stereocenters. The van der Waals surface area contributed by atoms with Crippen LogP contribution in [0.4, 0.5) is 5.69 Å². The van der Waals surface area contributed by atoms with Crippen LogP contribution in [-0.4, -0.2) is 10.5 Å². The fourth-order valence-corrected chi connectivity index (χ4v) is 3.19. The molecule has 1 aromatic heterocycles. The number of nitrogens with zero attached hydrogens (tertiary/aromatic N) is 2. The van der Waals surface area contributed by atoms with Gasteiger partial charge in [-0.1, -0.05) is 17.7 Å². The summed E-state index contributed by atoms with van der Waals surface area (Å²) in [5.74, 6) is -0.385. The number of rotatable bonds is 4. The van der Waals surface area contributed by atoms with E-state index in [1.54, 1.807) is 6.08 Å². The Morgan fingerprint density at radius 3 is 2.40 bits per heavy atom. The molecular weight excluding hydrogens is 310 g/mol. The van der Waals surface area contributed by atoms with Crippen molar-refractivity contribution in [1.82, 2.24) is 4.57 Å². The van der Waals surface area contributed by atoms with Crippen molar-refractivity contribution in [2.24, 2.45) is 0 Å². The highest BCUT2D eigenvalue weighted by atomic mass is 16.1. The van der Waals surface area contributed by atoms with Crippen molar-refractivity contribution in [1.29, 1.82) is 5.26 Å². The average Bonchev–Trinajstić information content (AvgIpc) is 2.81. The van der Waals surface area contributed by atoms with Crippen molar-refractivity contribution >= 4 is 17.7 Å². The highest BCUT2D eigenvalue weighted by molar-refractivity contribution is 6.10. The molecule has 25 heavy (non-hydrogen) atoms. The van der Waals surface area contributed by atoms with E-state index in [1.165, 1.54) is 0 Å². The molecule has 2 aromatic rings. The lowest BCUT2D eigenvalue weighted by Crippen LogP contribution is -2.14. The van der Waals surface area contributed by atoms with Gasteiger partial charge in [-0.15, -0.1) is 0 Å². The Kier molecular flexibility index (Phi) is 5.48. The second kappa shape index (κ2) is 7.40. The van der Waals surface area contributed by atoms with Gasteiger partial charge in [-0.3, -0.25) is 4.79 Å². The predicted octanol–water partition coefficient (Wildman–Crippen LogP) is 4.85. The summed E-state index contributed by atoms with van der Waals surface area (Å²) >= 11 is 0. The molecule has 0 bridgehead atoms. The Labute approximate surface area is 149 Å². The maximum Gasteiger partial charge on any atom is 0.266 e. The molecule has 0 saturated carbocycles. The third-order valence-electron chi connectivity index (χ3n) is 4.33. The van der Waals surface area contributed by atoms with E-state index in [2.05, 4.69) is 23.7 Å². The Hall–Kier alpha value is -2.80. The number of carbonyl (C=O) groups is 1. The van der Waals surface area contributed by atoms with Crippen LogP contribution in [0.25, 0.3) is 6.08 Å². The molecule has 4 nitrogen and oxygen atoms in total. The number of anilines is 1. The summed E-state index contributed by atoms with van der Waals surface area (Å²) in [5.41, 5.74) is 6.01. The van der Waals surface area contributed by atoms with Gasteiger partial charge in [0.1, 0.15) is 11.6 Å². The third-order valence-corrected chi connectivity index (χ3v) is 4.33. The van der Waals surface area contributed by atoms with Crippen molar-refractivity contribution in [3.63, 3.8) is 0 Å². The van der Waals surface area contributed by atoms with Gasteiger partial charge in [0.05, 0.1) is 0 Å². The van der Waals surface area contributed by atoms with E-state index in [9.17, 15) is 10.1 Å². The normalized spacial score (nSPS) is 11.5. The Bertz CT molecular complexity index is 879. The van der Waals surface area contributed by atoms with Crippen LogP contribution in [0.15, 0.2) is 29.8 Å². The average molecular weight is 335 g/mol. The molecule has 0 fully saturated rings. The van der Waals surface area contributed by atoms with Gasteiger partial charge in [0, 0.05) is 23.1 Å². The SMILES string of the molecule is Cc1ccc(NC(=O)/C(C#N)=C/c2cc(C)n(C(C)C)c2C)c(C)c1. The first kappa shape index (κ1) is 18.5. The minimum Gasteiger partial charge on any atom is -0.346 e. The molecule has 4 heteroatoms. The monoisotopic (exact) mass is 335 g/mol. The van der Waals surface area contributed by atoms with Crippen LogP contribution in [0.2, 0.25) is 0 Å². The minimum atomic E-state index is -0.385. The molecule has 0 unspecified atom stereocenters. The van der Waals surface area contributed by atoms with Gasteiger partial charge in [0.2, 0.25) is 0 Å². The summed E-state index contributed by atoms with van der Waals surface area (Å²) in [5, 5.41) is 12.3. The van der Waals surface area contributed by atoms with Crippen molar-refractivity contribution < 1.29 is 4.79 Å². The maximum absolute atomic E-state index is 12.5. The van der Waals surface area contributed by atoms with Gasteiger partial charge in [0.15, 0.2) is 0 Å². The van der Waals surface area contributed by atoms with Gasteiger partial charge in [-0.2, -0.15) is 5.26 Å². The van der Waals surface area contributed by atoms with E-state index < -0.39 is 0 Å².